The molecule has 0 spiro atoms. The summed E-state index contributed by atoms with van der Waals surface area (Å²) in [6, 6.07) is 4.35. The largest absolute Gasteiger partial charge is 0.282 e. The second-order valence-corrected chi connectivity index (χ2v) is 4.57. The zero-order valence-electron chi connectivity index (χ0n) is 10.6. The second-order valence-electron chi connectivity index (χ2n) is 4.57. The number of aromatic nitrogens is 2. The van der Waals surface area contributed by atoms with Crippen LogP contribution in [-0.4, -0.2) is 10.2 Å². The van der Waals surface area contributed by atoms with Crippen LogP contribution in [0.1, 0.15) is 27.9 Å². The fraction of sp³-hybridized carbons (Fsp3) is 0.357. The lowest BCUT2D eigenvalue weighted by atomic mass is 9.92. The molecule has 2 nitrogen and oxygen atoms in total. The van der Waals surface area contributed by atoms with Gasteiger partial charge in [0, 0.05) is 11.3 Å². The highest BCUT2D eigenvalue weighted by atomic mass is 15.1. The molecule has 0 bridgehead atoms. The molecule has 1 heterocycles. The van der Waals surface area contributed by atoms with E-state index in [-0.39, 0.29) is 0 Å². The first kappa shape index (κ1) is 10.9. The fourth-order valence-corrected chi connectivity index (χ4v) is 2.15. The highest BCUT2D eigenvalue weighted by molar-refractivity contribution is 5.70. The Morgan fingerprint density at radius 1 is 0.875 bits per heavy atom. The van der Waals surface area contributed by atoms with Crippen LogP contribution in [0.2, 0.25) is 0 Å². The van der Waals surface area contributed by atoms with E-state index in [1.165, 1.54) is 27.8 Å². The van der Waals surface area contributed by atoms with Crippen molar-refractivity contribution >= 4 is 0 Å². The summed E-state index contributed by atoms with van der Waals surface area (Å²) in [4.78, 5) is 0. The van der Waals surface area contributed by atoms with E-state index in [0.29, 0.717) is 0 Å². The molecule has 0 amide bonds. The van der Waals surface area contributed by atoms with Gasteiger partial charge in [-0.25, -0.2) is 0 Å². The predicted molar refractivity (Wildman–Crippen MR) is 67.7 cm³/mol. The molecular formula is C14H18N2. The van der Waals surface area contributed by atoms with Gasteiger partial charge in [0.2, 0.25) is 0 Å². The predicted octanol–water partition coefficient (Wildman–Crippen LogP) is 3.62. The minimum Gasteiger partial charge on any atom is -0.282 e. The van der Waals surface area contributed by atoms with Crippen LogP contribution in [-0.2, 0) is 0 Å². The summed E-state index contributed by atoms with van der Waals surface area (Å²) >= 11 is 0. The molecule has 2 heteroatoms. The summed E-state index contributed by atoms with van der Waals surface area (Å²) in [6.45, 7) is 10.7. The molecule has 2 rings (SSSR count). The first-order valence-electron chi connectivity index (χ1n) is 5.60. The minimum atomic E-state index is 1.05. The number of nitrogens with one attached hydrogen (secondary N) is 1. The van der Waals surface area contributed by atoms with Crippen molar-refractivity contribution in [1.82, 2.24) is 10.2 Å². The summed E-state index contributed by atoms with van der Waals surface area (Å²) in [5, 5.41) is 7.38. The summed E-state index contributed by atoms with van der Waals surface area (Å²) in [6.07, 6.45) is 0. The van der Waals surface area contributed by atoms with Gasteiger partial charge in [0.25, 0.3) is 0 Å². The molecule has 0 saturated carbocycles. The monoisotopic (exact) mass is 214 g/mol. The van der Waals surface area contributed by atoms with Gasteiger partial charge in [-0.15, -0.1) is 0 Å². The molecule has 16 heavy (non-hydrogen) atoms. The zero-order valence-corrected chi connectivity index (χ0v) is 10.6. The van der Waals surface area contributed by atoms with Crippen LogP contribution in [0.5, 0.6) is 0 Å². The van der Waals surface area contributed by atoms with Crippen molar-refractivity contribution in [2.45, 2.75) is 34.6 Å². The Morgan fingerprint density at radius 2 is 1.44 bits per heavy atom. The van der Waals surface area contributed by atoms with Crippen molar-refractivity contribution in [1.29, 1.82) is 0 Å². The lowest BCUT2D eigenvalue weighted by molar-refractivity contribution is 1.05. The summed E-state index contributed by atoms with van der Waals surface area (Å²) in [7, 11) is 0. The number of aromatic amines is 1. The summed E-state index contributed by atoms with van der Waals surface area (Å²) < 4.78 is 0. The topological polar surface area (TPSA) is 28.7 Å². The average Bonchev–Trinajstić information content (AvgIpc) is 2.62. The molecule has 0 aliphatic carbocycles. The van der Waals surface area contributed by atoms with Gasteiger partial charge in [-0.3, -0.25) is 5.10 Å². The third-order valence-electron chi connectivity index (χ3n) is 3.33. The van der Waals surface area contributed by atoms with Gasteiger partial charge in [-0.2, -0.15) is 5.10 Å². The normalized spacial score (nSPS) is 10.8. The van der Waals surface area contributed by atoms with E-state index >= 15 is 0 Å². The standard InChI is InChI=1S/C14H18N2/c1-8-6-9(2)12(5)14(11(8)4)13-7-10(3)15-16-13/h6-7H,1-5H3,(H,15,16). The number of rotatable bonds is 1. The van der Waals surface area contributed by atoms with E-state index in [1.54, 1.807) is 0 Å². The fourth-order valence-electron chi connectivity index (χ4n) is 2.15. The van der Waals surface area contributed by atoms with Crippen LogP contribution in [0.25, 0.3) is 11.3 Å². The molecule has 0 saturated heterocycles. The first-order chi connectivity index (χ1) is 7.50. The van der Waals surface area contributed by atoms with Crippen LogP contribution >= 0.6 is 0 Å². The molecule has 1 N–H and O–H groups in total. The molecule has 1 aromatic heterocycles. The zero-order chi connectivity index (χ0) is 11.9. The molecule has 0 unspecified atom stereocenters. The first-order valence-corrected chi connectivity index (χ1v) is 5.60. The molecule has 0 atom stereocenters. The maximum absolute atomic E-state index is 4.36. The van der Waals surface area contributed by atoms with E-state index in [1.807, 2.05) is 6.92 Å². The van der Waals surface area contributed by atoms with E-state index in [2.05, 4.69) is 50.0 Å². The number of H-pyrrole nitrogens is 1. The molecule has 1 aromatic carbocycles. The third kappa shape index (κ3) is 1.64. The molecular weight excluding hydrogens is 196 g/mol. The molecule has 0 radical (unpaired) electrons. The van der Waals surface area contributed by atoms with E-state index < -0.39 is 0 Å². The Hall–Kier alpha value is -1.57. The van der Waals surface area contributed by atoms with E-state index in [9.17, 15) is 0 Å². The molecule has 84 valence electrons. The summed E-state index contributed by atoms with van der Waals surface area (Å²) in [5.74, 6) is 0. The molecule has 2 aromatic rings. The second kappa shape index (κ2) is 3.78. The van der Waals surface area contributed by atoms with Crippen LogP contribution in [0, 0.1) is 34.6 Å². The van der Waals surface area contributed by atoms with Crippen molar-refractivity contribution in [2.24, 2.45) is 0 Å². The minimum absolute atomic E-state index is 1.05. The Morgan fingerprint density at radius 3 is 1.88 bits per heavy atom. The maximum Gasteiger partial charge on any atom is 0.0928 e. The van der Waals surface area contributed by atoms with Crippen LogP contribution in [0.4, 0.5) is 0 Å². The van der Waals surface area contributed by atoms with Crippen LogP contribution in [0.3, 0.4) is 0 Å². The van der Waals surface area contributed by atoms with Gasteiger partial charge in [0.15, 0.2) is 0 Å². The molecule has 0 aliphatic rings. The van der Waals surface area contributed by atoms with E-state index in [0.717, 1.165) is 11.4 Å². The van der Waals surface area contributed by atoms with Gasteiger partial charge in [-0.1, -0.05) is 6.07 Å². The Kier molecular flexibility index (Phi) is 2.58. The van der Waals surface area contributed by atoms with Crippen molar-refractivity contribution in [2.75, 3.05) is 0 Å². The van der Waals surface area contributed by atoms with Crippen LogP contribution < -0.4 is 0 Å². The summed E-state index contributed by atoms with van der Waals surface area (Å²) in [5.41, 5.74) is 8.76. The SMILES string of the molecule is Cc1cc(-c2c(C)c(C)cc(C)c2C)n[nH]1. The van der Waals surface area contributed by atoms with Gasteiger partial charge in [0.1, 0.15) is 0 Å². The third-order valence-corrected chi connectivity index (χ3v) is 3.33. The van der Waals surface area contributed by atoms with Gasteiger partial charge >= 0.3 is 0 Å². The smallest absolute Gasteiger partial charge is 0.0928 e. The molecule has 0 aliphatic heterocycles. The highest BCUT2D eigenvalue weighted by Gasteiger charge is 2.12. The number of aryl methyl sites for hydroxylation is 3. The number of benzene rings is 1. The quantitative estimate of drug-likeness (QED) is 0.771. The number of nitrogens with zero attached hydrogens (tertiary/aromatic N) is 1. The van der Waals surface area contributed by atoms with Crippen molar-refractivity contribution in [3.63, 3.8) is 0 Å². The Labute approximate surface area is 96.7 Å². The number of hydrogen-bond acceptors (Lipinski definition) is 1. The average molecular weight is 214 g/mol. The van der Waals surface area contributed by atoms with Crippen LogP contribution in [0.15, 0.2) is 12.1 Å². The van der Waals surface area contributed by atoms with E-state index in [4.69, 9.17) is 0 Å². The van der Waals surface area contributed by atoms with Gasteiger partial charge in [-0.05, 0) is 62.9 Å². The Bertz CT molecular complexity index is 510. The maximum atomic E-state index is 4.36. The lowest BCUT2D eigenvalue weighted by Crippen LogP contribution is -1.95. The van der Waals surface area contributed by atoms with Crippen molar-refractivity contribution in [3.8, 4) is 11.3 Å². The lowest BCUT2D eigenvalue weighted by Gasteiger charge is -2.13. The van der Waals surface area contributed by atoms with Crippen molar-refractivity contribution < 1.29 is 0 Å². The Balaban J connectivity index is 2.73. The van der Waals surface area contributed by atoms with Gasteiger partial charge < -0.3 is 0 Å². The number of hydrogen-bond donors (Lipinski definition) is 1. The molecule has 0 fully saturated rings. The van der Waals surface area contributed by atoms with Gasteiger partial charge in [0.05, 0.1) is 5.69 Å². The highest BCUT2D eigenvalue weighted by Crippen LogP contribution is 2.30. The van der Waals surface area contributed by atoms with Crippen molar-refractivity contribution in [3.05, 3.63) is 40.1 Å².